The van der Waals surface area contributed by atoms with Crippen LogP contribution in [-0.4, -0.2) is 20.2 Å². The Labute approximate surface area is 103 Å². The van der Waals surface area contributed by atoms with Crippen molar-refractivity contribution in [3.05, 3.63) is 41.2 Å². The smallest absolute Gasteiger partial charge is 0.214 e. The van der Waals surface area contributed by atoms with E-state index in [4.69, 9.17) is 11.1 Å². The van der Waals surface area contributed by atoms with Crippen LogP contribution in [0.15, 0.2) is 29.4 Å². The van der Waals surface area contributed by atoms with Gasteiger partial charge in [-0.3, -0.25) is 10.5 Å². The molecular formula is C11H13N5S. The van der Waals surface area contributed by atoms with Crippen molar-refractivity contribution in [3.63, 3.8) is 0 Å². The van der Waals surface area contributed by atoms with Gasteiger partial charge in [0.15, 0.2) is 0 Å². The maximum atomic E-state index is 7.94. The zero-order valence-corrected chi connectivity index (χ0v) is 10.2. The zero-order valence-electron chi connectivity index (χ0n) is 9.40. The van der Waals surface area contributed by atoms with Gasteiger partial charge in [0.1, 0.15) is 10.9 Å². The Balaban J connectivity index is 2.09. The minimum absolute atomic E-state index is 0.424. The number of nitrogens with two attached hydrogens (primary N) is 1. The zero-order chi connectivity index (χ0) is 12.3. The Morgan fingerprint density at radius 2 is 2.12 bits per heavy atom. The number of hydrogen-bond donors (Lipinski definition) is 3. The maximum Gasteiger partial charge on any atom is 0.214 e. The molecule has 0 saturated carbocycles. The second kappa shape index (κ2) is 5.11. The van der Waals surface area contributed by atoms with Crippen LogP contribution in [0, 0.1) is 12.3 Å². The summed E-state index contributed by atoms with van der Waals surface area (Å²) in [5.41, 5.74) is 7.42. The molecular weight excluding hydrogens is 234 g/mol. The third-order valence-corrected chi connectivity index (χ3v) is 3.03. The number of aromatic nitrogens is 3. The molecule has 0 radical (unpaired) electrons. The molecule has 4 N–H and O–H groups in total. The molecule has 5 nitrogen and oxygen atoms in total. The van der Waals surface area contributed by atoms with Gasteiger partial charge in [-0.1, -0.05) is 24.3 Å². The van der Waals surface area contributed by atoms with Crippen LogP contribution < -0.4 is 5.73 Å². The average Bonchev–Trinajstić information content (AvgIpc) is 2.75. The summed E-state index contributed by atoms with van der Waals surface area (Å²) >= 11 is 1.23. The fraction of sp³-hybridized carbons (Fsp3) is 0.182. The Kier molecular flexibility index (Phi) is 3.55. The highest BCUT2D eigenvalue weighted by Gasteiger charge is 2.07. The number of aromatic amines is 1. The topological polar surface area (TPSA) is 91.4 Å². The standard InChI is InChI=1S/C11H13N5S/c1-7-14-11(16-15-7)17-10(13)9-4-2-8(6-12)3-5-9/h2-5,13H,6,12H2,1H3,(H,14,15,16). The van der Waals surface area contributed by atoms with Gasteiger partial charge in [-0.2, -0.15) is 0 Å². The molecule has 0 atom stereocenters. The van der Waals surface area contributed by atoms with E-state index >= 15 is 0 Å². The normalized spacial score (nSPS) is 10.5. The van der Waals surface area contributed by atoms with E-state index in [1.54, 1.807) is 0 Å². The first-order valence-electron chi connectivity index (χ1n) is 5.14. The molecule has 1 aromatic heterocycles. The Morgan fingerprint density at radius 1 is 1.41 bits per heavy atom. The van der Waals surface area contributed by atoms with Crippen LogP contribution >= 0.6 is 11.8 Å². The number of aryl methyl sites for hydroxylation is 1. The van der Waals surface area contributed by atoms with Gasteiger partial charge in [-0.25, -0.2) is 4.98 Å². The van der Waals surface area contributed by atoms with E-state index in [9.17, 15) is 0 Å². The quantitative estimate of drug-likeness (QED) is 0.437. The predicted octanol–water partition coefficient (Wildman–Crippen LogP) is 1.69. The summed E-state index contributed by atoms with van der Waals surface area (Å²) in [5, 5.41) is 15.7. The van der Waals surface area contributed by atoms with Crippen LogP contribution in [0.3, 0.4) is 0 Å². The lowest BCUT2D eigenvalue weighted by atomic mass is 10.1. The molecule has 1 heterocycles. The van der Waals surface area contributed by atoms with Crippen LogP contribution in [0.2, 0.25) is 0 Å². The minimum Gasteiger partial charge on any atom is -0.326 e. The van der Waals surface area contributed by atoms with Crippen LogP contribution in [0.1, 0.15) is 17.0 Å². The molecule has 88 valence electrons. The van der Waals surface area contributed by atoms with Crippen LogP contribution in [0.4, 0.5) is 0 Å². The molecule has 6 heteroatoms. The summed E-state index contributed by atoms with van der Waals surface area (Å²) in [7, 11) is 0. The summed E-state index contributed by atoms with van der Waals surface area (Å²) in [6.45, 7) is 2.34. The minimum atomic E-state index is 0.424. The molecule has 17 heavy (non-hydrogen) atoms. The Hall–Kier alpha value is -1.66. The first kappa shape index (κ1) is 11.8. The number of rotatable bonds is 3. The van der Waals surface area contributed by atoms with Gasteiger partial charge in [-0.15, -0.1) is 5.10 Å². The van der Waals surface area contributed by atoms with Crippen molar-refractivity contribution in [3.8, 4) is 0 Å². The number of thioether (sulfide) groups is 1. The number of nitrogens with one attached hydrogen (secondary N) is 2. The van der Waals surface area contributed by atoms with Gasteiger partial charge in [-0.05, 0) is 24.2 Å². The van der Waals surface area contributed by atoms with Crippen molar-refractivity contribution in [1.82, 2.24) is 15.2 Å². The van der Waals surface area contributed by atoms with Crippen LogP contribution in [0.25, 0.3) is 0 Å². The monoisotopic (exact) mass is 247 g/mol. The third kappa shape index (κ3) is 2.92. The van der Waals surface area contributed by atoms with E-state index in [0.717, 1.165) is 17.0 Å². The van der Waals surface area contributed by atoms with Gasteiger partial charge >= 0.3 is 0 Å². The molecule has 0 amide bonds. The molecule has 0 saturated heterocycles. The first-order valence-corrected chi connectivity index (χ1v) is 5.95. The Morgan fingerprint density at radius 3 is 2.65 bits per heavy atom. The summed E-state index contributed by atoms with van der Waals surface area (Å²) in [4.78, 5) is 4.15. The van der Waals surface area contributed by atoms with E-state index in [0.29, 0.717) is 16.7 Å². The molecule has 1 aromatic carbocycles. The largest absolute Gasteiger partial charge is 0.326 e. The molecule has 0 aliphatic heterocycles. The lowest BCUT2D eigenvalue weighted by molar-refractivity contribution is 0.973. The molecule has 0 fully saturated rings. The number of H-pyrrole nitrogens is 1. The van der Waals surface area contributed by atoms with E-state index in [2.05, 4.69) is 15.2 Å². The van der Waals surface area contributed by atoms with Crippen molar-refractivity contribution in [2.75, 3.05) is 0 Å². The van der Waals surface area contributed by atoms with Crippen molar-refractivity contribution in [2.45, 2.75) is 18.6 Å². The maximum absolute atomic E-state index is 7.94. The predicted molar refractivity (Wildman–Crippen MR) is 68.1 cm³/mol. The molecule has 2 rings (SSSR count). The van der Waals surface area contributed by atoms with Crippen molar-refractivity contribution >= 4 is 16.8 Å². The fourth-order valence-electron chi connectivity index (χ4n) is 1.31. The molecule has 0 bridgehead atoms. The van der Waals surface area contributed by atoms with Crippen molar-refractivity contribution < 1.29 is 0 Å². The second-order valence-corrected chi connectivity index (χ2v) is 4.51. The summed E-state index contributed by atoms with van der Waals surface area (Å²) < 4.78 is 0. The van der Waals surface area contributed by atoms with Gasteiger partial charge in [0.05, 0.1) is 0 Å². The SMILES string of the molecule is Cc1nc(SC(=N)c2ccc(CN)cc2)n[nH]1. The van der Waals surface area contributed by atoms with Gasteiger partial charge in [0.2, 0.25) is 5.16 Å². The third-order valence-electron chi connectivity index (χ3n) is 2.22. The molecule has 0 unspecified atom stereocenters. The highest BCUT2D eigenvalue weighted by Crippen LogP contribution is 2.19. The second-order valence-electron chi connectivity index (χ2n) is 3.54. The van der Waals surface area contributed by atoms with E-state index in [-0.39, 0.29) is 0 Å². The van der Waals surface area contributed by atoms with Gasteiger partial charge in [0, 0.05) is 12.1 Å². The van der Waals surface area contributed by atoms with Gasteiger partial charge in [0.25, 0.3) is 0 Å². The highest BCUT2D eigenvalue weighted by atomic mass is 32.2. The van der Waals surface area contributed by atoms with Gasteiger partial charge < -0.3 is 5.73 Å². The molecule has 2 aromatic rings. The highest BCUT2D eigenvalue weighted by molar-refractivity contribution is 8.14. The number of hydrogen-bond acceptors (Lipinski definition) is 5. The molecule has 0 aliphatic rings. The molecule has 0 spiro atoms. The van der Waals surface area contributed by atoms with E-state index in [1.165, 1.54) is 11.8 Å². The summed E-state index contributed by atoms with van der Waals surface area (Å²) in [6, 6.07) is 7.62. The average molecular weight is 247 g/mol. The van der Waals surface area contributed by atoms with E-state index in [1.807, 2.05) is 31.2 Å². The van der Waals surface area contributed by atoms with Crippen molar-refractivity contribution in [2.24, 2.45) is 5.73 Å². The lowest BCUT2D eigenvalue weighted by Crippen LogP contribution is -1.98. The van der Waals surface area contributed by atoms with Crippen LogP contribution in [0.5, 0.6) is 0 Å². The first-order chi connectivity index (χ1) is 8.19. The van der Waals surface area contributed by atoms with Crippen molar-refractivity contribution in [1.29, 1.82) is 5.41 Å². The van der Waals surface area contributed by atoms with E-state index < -0.39 is 0 Å². The van der Waals surface area contributed by atoms with Crippen LogP contribution in [-0.2, 0) is 6.54 Å². The fourth-order valence-corrected chi connectivity index (χ4v) is 2.02. The Bertz CT molecular complexity index is 517. The molecule has 0 aliphatic carbocycles. The number of nitrogens with zero attached hydrogens (tertiary/aromatic N) is 2. The number of benzene rings is 1. The lowest BCUT2D eigenvalue weighted by Gasteiger charge is -2.02. The summed E-state index contributed by atoms with van der Waals surface area (Å²) in [5.74, 6) is 0.749. The summed E-state index contributed by atoms with van der Waals surface area (Å²) in [6.07, 6.45) is 0.